The summed E-state index contributed by atoms with van der Waals surface area (Å²) in [5.74, 6) is -0.377. The molecule has 0 unspecified atom stereocenters. The van der Waals surface area contributed by atoms with Crippen molar-refractivity contribution in [3.05, 3.63) is 102 Å². The Hall–Kier alpha value is -3.45. The van der Waals surface area contributed by atoms with Crippen molar-refractivity contribution in [3.63, 3.8) is 0 Å². The van der Waals surface area contributed by atoms with Gasteiger partial charge in [0.1, 0.15) is 0 Å². The van der Waals surface area contributed by atoms with E-state index in [2.05, 4.69) is 10.5 Å². The van der Waals surface area contributed by atoms with Gasteiger partial charge >= 0.3 is 0 Å². The van der Waals surface area contributed by atoms with Crippen LogP contribution in [0.25, 0.3) is 0 Å². The Morgan fingerprint density at radius 3 is 2.10 bits per heavy atom. The van der Waals surface area contributed by atoms with E-state index in [1.54, 1.807) is 30.5 Å². The van der Waals surface area contributed by atoms with E-state index in [0.717, 1.165) is 17.4 Å². The summed E-state index contributed by atoms with van der Waals surface area (Å²) in [5.41, 5.74) is 5.07. The zero-order valence-corrected chi connectivity index (χ0v) is 16.7. The minimum Gasteiger partial charge on any atom is -0.267 e. The Kier molecular flexibility index (Phi) is 6.41. The van der Waals surface area contributed by atoms with Crippen LogP contribution >= 0.6 is 0 Å². The Labute approximate surface area is 170 Å². The molecule has 0 saturated heterocycles. The third-order valence-corrected chi connectivity index (χ3v) is 5.31. The molecule has 0 aliphatic heterocycles. The average molecular weight is 407 g/mol. The third-order valence-electron chi connectivity index (χ3n) is 4.17. The largest absolute Gasteiger partial charge is 0.271 e. The first-order valence-electron chi connectivity index (χ1n) is 8.93. The first-order chi connectivity index (χ1) is 13.9. The van der Waals surface area contributed by atoms with Gasteiger partial charge in [0.15, 0.2) is 0 Å². The van der Waals surface area contributed by atoms with Gasteiger partial charge in [-0.3, -0.25) is 9.10 Å². The molecule has 0 heterocycles. The van der Waals surface area contributed by atoms with Crippen LogP contribution in [0.2, 0.25) is 0 Å². The molecule has 7 heteroatoms. The average Bonchev–Trinajstić information content (AvgIpc) is 2.73. The molecule has 3 aromatic carbocycles. The van der Waals surface area contributed by atoms with Gasteiger partial charge < -0.3 is 0 Å². The van der Waals surface area contributed by atoms with Crippen molar-refractivity contribution in [3.8, 4) is 0 Å². The maximum atomic E-state index is 12.3. The van der Waals surface area contributed by atoms with Crippen molar-refractivity contribution < 1.29 is 13.2 Å². The van der Waals surface area contributed by atoms with Crippen LogP contribution in [0.4, 0.5) is 5.69 Å². The van der Waals surface area contributed by atoms with E-state index in [1.807, 2.05) is 60.7 Å². The molecule has 0 spiro atoms. The number of benzene rings is 3. The van der Waals surface area contributed by atoms with Crippen molar-refractivity contribution >= 4 is 27.8 Å². The predicted molar refractivity (Wildman–Crippen MR) is 115 cm³/mol. The van der Waals surface area contributed by atoms with Crippen molar-refractivity contribution in [1.29, 1.82) is 0 Å². The molecule has 3 aromatic rings. The van der Waals surface area contributed by atoms with E-state index >= 15 is 0 Å². The summed E-state index contributed by atoms with van der Waals surface area (Å²) in [6.07, 6.45) is 2.71. The molecule has 0 atom stereocenters. The Bertz CT molecular complexity index is 1080. The molecule has 6 nitrogen and oxygen atoms in total. The molecule has 0 bridgehead atoms. The summed E-state index contributed by atoms with van der Waals surface area (Å²) in [4.78, 5) is 12.2. The van der Waals surface area contributed by atoms with Gasteiger partial charge in [-0.15, -0.1) is 0 Å². The van der Waals surface area contributed by atoms with E-state index in [-0.39, 0.29) is 12.5 Å². The molecule has 3 rings (SSSR count). The predicted octanol–water partition coefficient (Wildman–Crippen LogP) is 3.42. The molecule has 148 valence electrons. The number of rotatable bonds is 7. The topological polar surface area (TPSA) is 78.8 Å². The Morgan fingerprint density at radius 1 is 0.931 bits per heavy atom. The highest BCUT2D eigenvalue weighted by Gasteiger charge is 2.18. The number of nitrogens with one attached hydrogen (secondary N) is 1. The van der Waals surface area contributed by atoms with Gasteiger partial charge in [-0.05, 0) is 35.4 Å². The number of hydrazone groups is 1. The molecular weight excluding hydrogens is 386 g/mol. The van der Waals surface area contributed by atoms with Crippen LogP contribution < -0.4 is 9.73 Å². The fourth-order valence-electron chi connectivity index (χ4n) is 2.70. The normalized spacial score (nSPS) is 11.3. The van der Waals surface area contributed by atoms with E-state index in [0.29, 0.717) is 11.3 Å². The van der Waals surface area contributed by atoms with E-state index in [4.69, 9.17) is 0 Å². The maximum Gasteiger partial charge on any atom is 0.271 e. The van der Waals surface area contributed by atoms with Gasteiger partial charge in [0, 0.05) is 5.56 Å². The highest BCUT2D eigenvalue weighted by Crippen LogP contribution is 2.21. The van der Waals surface area contributed by atoms with Gasteiger partial charge in [0.2, 0.25) is 10.0 Å². The second-order valence-corrected chi connectivity index (χ2v) is 8.32. The lowest BCUT2D eigenvalue weighted by atomic mass is 10.2. The van der Waals surface area contributed by atoms with Gasteiger partial charge in [-0.1, -0.05) is 60.7 Å². The molecule has 0 aliphatic carbocycles. The lowest BCUT2D eigenvalue weighted by molar-refractivity contribution is 0.0955. The Morgan fingerprint density at radius 2 is 1.52 bits per heavy atom. The molecule has 0 fully saturated rings. The minimum absolute atomic E-state index is 0.215. The summed E-state index contributed by atoms with van der Waals surface area (Å²) in [6.45, 7) is 0.215. The van der Waals surface area contributed by atoms with Crippen LogP contribution in [0.1, 0.15) is 21.5 Å². The lowest BCUT2D eigenvalue weighted by Crippen LogP contribution is -2.29. The van der Waals surface area contributed by atoms with Crippen molar-refractivity contribution in [1.82, 2.24) is 5.43 Å². The van der Waals surface area contributed by atoms with Gasteiger partial charge in [-0.25, -0.2) is 13.8 Å². The molecule has 0 aliphatic rings. The maximum absolute atomic E-state index is 12.3. The number of hydrogen-bond acceptors (Lipinski definition) is 4. The zero-order chi connectivity index (χ0) is 20.7. The second kappa shape index (κ2) is 9.16. The number of nitrogens with zero attached hydrogens (tertiary/aromatic N) is 2. The van der Waals surface area contributed by atoms with Crippen LogP contribution in [0.3, 0.4) is 0 Å². The number of carbonyl (C=O) groups is 1. The van der Waals surface area contributed by atoms with E-state index in [9.17, 15) is 13.2 Å². The van der Waals surface area contributed by atoms with Gasteiger partial charge in [0.25, 0.3) is 5.91 Å². The summed E-state index contributed by atoms with van der Waals surface area (Å²) in [6, 6.07) is 25.1. The van der Waals surface area contributed by atoms with Crippen LogP contribution in [-0.4, -0.2) is 26.8 Å². The highest BCUT2D eigenvalue weighted by molar-refractivity contribution is 7.92. The quantitative estimate of drug-likeness (QED) is 0.481. The van der Waals surface area contributed by atoms with E-state index < -0.39 is 10.0 Å². The number of carbonyl (C=O) groups excluding carboxylic acids is 1. The number of anilines is 1. The molecule has 29 heavy (non-hydrogen) atoms. The summed E-state index contributed by atoms with van der Waals surface area (Å²) in [7, 11) is -3.48. The fourth-order valence-corrected chi connectivity index (χ4v) is 3.59. The molecular formula is C22H21N3O3S. The van der Waals surface area contributed by atoms with Crippen LogP contribution in [0, 0.1) is 0 Å². The number of hydrogen-bond donors (Lipinski definition) is 1. The van der Waals surface area contributed by atoms with Gasteiger partial charge in [-0.2, -0.15) is 5.10 Å². The second-order valence-electron chi connectivity index (χ2n) is 6.41. The van der Waals surface area contributed by atoms with E-state index in [1.165, 1.54) is 4.31 Å². The first-order valence-corrected chi connectivity index (χ1v) is 10.8. The van der Waals surface area contributed by atoms with Crippen molar-refractivity contribution in [2.75, 3.05) is 10.6 Å². The molecule has 0 saturated carbocycles. The van der Waals surface area contributed by atoms with Crippen molar-refractivity contribution in [2.45, 2.75) is 6.54 Å². The standard InChI is InChI=1S/C22H21N3O3S/c1-29(27,28)25(17-19-10-6-3-7-11-19)21-14-12-20(13-15-21)22(26)24-23-16-18-8-4-2-5-9-18/h2-16H,17H2,1H3,(H,24,26)/b23-16-. The molecule has 0 aromatic heterocycles. The van der Waals surface area contributed by atoms with Crippen molar-refractivity contribution in [2.24, 2.45) is 5.10 Å². The fraction of sp³-hybridized carbons (Fsp3) is 0.0909. The summed E-state index contributed by atoms with van der Waals surface area (Å²) >= 11 is 0. The molecule has 0 radical (unpaired) electrons. The summed E-state index contributed by atoms with van der Waals surface area (Å²) in [5, 5.41) is 3.94. The lowest BCUT2D eigenvalue weighted by Gasteiger charge is -2.22. The van der Waals surface area contributed by atoms with Crippen LogP contribution in [0.5, 0.6) is 0 Å². The molecule has 1 amide bonds. The first kappa shape index (κ1) is 20.3. The molecule has 1 N–H and O–H groups in total. The minimum atomic E-state index is -3.48. The van der Waals surface area contributed by atoms with Gasteiger partial charge in [0.05, 0.1) is 24.7 Å². The monoisotopic (exact) mass is 407 g/mol. The Balaban J connectivity index is 1.71. The zero-order valence-electron chi connectivity index (χ0n) is 15.9. The third kappa shape index (κ3) is 5.76. The smallest absolute Gasteiger partial charge is 0.267 e. The van der Waals surface area contributed by atoms with Crippen LogP contribution in [-0.2, 0) is 16.6 Å². The summed E-state index contributed by atoms with van der Waals surface area (Å²) < 4.78 is 25.8. The van der Waals surface area contributed by atoms with Crippen LogP contribution in [0.15, 0.2) is 90.0 Å². The number of amides is 1. The number of sulfonamides is 1. The highest BCUT2D eigenvalue weighted by atomic mass is 32.2. The SMILES string of the molecule is CS(=O)(=O)N(Cc1ccccc1)c1ccc(C(=O)N/N=C\c2ccccc2)cc1.